The minimum atomic E-state index is -0.0553. The molecule has 0 bridgehead atoms. The van der Waals surface area contributed by atoms with Gasteiger partial charge in [0, 0.05) is 4.88 Å². The lowest BCUT2D eigenvalue weighted by atomic mass is 10.1. The SMILES string of the molecule is NNC(c1cccc(OC2CC2)c1)c1ccc(Cl)s1. The number of nitrogens with one attached hydrogen (secondary N) is 1. The van der Waals surface area contributed by atoms with E-state index >= 15 is 0 Å². The number of hydrogen-bond acceptors (Lipinski definition) is 4. The lowest BCUT2D eigenvalue weighted by molar-refractivity contribution is 0.302. The van der Waals surface area contributed by atoms with E-state index in [9.17, 15) is 0 Å². The van der Waals surface area contributed by atoms with Gasteiger partial charge in [-0.25, -0.2) is 5.43 Å². The number of ether oxygens (including phenoxy) is 1. The first-order chi connectivity index (χ1) is 9.26. The van der Waals surface area contributed by atoms with Gasteiger partial charge < -0.3 is 4.74 Å². The molecule has 1 heterocycles. The molecule has 3 N–H and O–H groups in total. The van der Waals surface area contributed by atoms with Crippen LogP contribution in [0.25, 0.3) is 0 Å². The first kappa shape index (κ1) is 12.9. The van der Waals surface area contributed by atoms with E-state index in [1.54, 1.807) is 0 Å². The van der Waals surface area contributed by atoms with E-state index in [1.807, 2.05) is 36.4 Å². The predicted molar refractivity (Wildman–Crippen MR) is 78.6 cm³/mol. The summed E-state index contributed by atoms with van der Waals surface area (Å²) < 4.78 is 6.57. The third kappa shape index (κ3) is 3.09. The largest absolute Gasteiger partial charge is 0.490 e. The van der Waals surface area contributed by atoms with Crippen molar-refractivity contribution in [3.8, 4) is 5.75 Å². The van der Waals surface area contributed by atoms with E-state index in [1.165, 1.54) is 11.3 Å². The minimum absolute atomic E-state index is 0.0553. The molecule has 1 unspecified atom stereocenters. The van der Waals surface area contributed by atoms with Crippen LogP contribution in [0.15, 0.2) is 36.4 Å². The van der Waals surface area contributed by atoms with Crippen LogP contribution in [0.3, 0.4) is 0 Å². The molecule has 1 atom stereocenters. The zero-order chi connectivity index (χ0) is 13.2. The standard InChI is InChI=1S/C14H15ClN2OS/c15-13-7-6-12(19-13)14(17-16)9-2-1-3-11(8-9)18-10-4-5-10/h1-3,6-8,10,14,17H,4-5,16H2. The summed E-state index contributed by atoms with van der Waals surface area (Å²) in [5.41, 5.74) is 3.92. The second-order valence-electron chi connectivity index (χ2n) is 4.63. The number of nitrogens with two attached hydrogens (primary N) is 1. The maximum atomic E-state index is 5.98. The van der Waals surface area contributed by atoms with Crippen LogP contribution in [-0.2, 0) is 0 Å². The number of thiophene rings is 1. The summed E-state index contributed by atoms with van der Waals surface area (Å²) in [4.78, 5) is 1.09. The van der Waals surface area contributed by atoms with E-state index in [2.05, 4.69) is 5.43 Å². The Morgan fingerprint density at radius 3 is 2.79 bits per heavy atom. The number of halogens is 1. The Kier molecular flexibility index (Phi) is 3.75. The van der Waals surface area contributed by atoms with Crippen LogP contribution < -0.4 is 16.0 Å². The third-order valence-corrected chi connectivity index (χ3v) is 4.36. The van der Waals surface area contributed by atoms with Gasteiger partial charge in [-0.15, -0.1) is 11.3 Å². The summed E-state index contributed by atoms with van der Waals surface area (Å²) in [5.74, 6) is 6.59. The molecule has 1 aromatic heterocycles. The van der Waals surface area contributed by atoms with Crippen LogP contribution in [0, 0.1) is 0 Å². The quantitative estimate of drug-likeness (QED) is 0.655. The number of hydrazine groups is 1. The van der Waals surface area contributed by atoms with Crippen molar-refractivity contribution in [1.82, 2.24) is 5.43 Å². The zero-order valence-corrected chi connectivity index (χ0v) is 11.9. The minimum Gasteiger partial charge on any atom is -0.490 e. The molecule has 0 spiro atoms. The zero-order valence-electron chi connectivity index (χ0n) is 10.3. The van der Waals surface area contributed by atoms with E-state index < -0.39 is 0 Å². The Labute approximate surface area is 121 Å². The molecule has 0 amide bonds. The fourth-order valence-corrected chi connectivity index (χ4v) is 3.12. The van der Waals surface area contributed by atoms with Gasteiger partial charge in [0.25, 0.3) is 0 Å². The average molecular weight is 295 g/mol. The molecule has 100 valence electrons. The Morgan fingerprint density at radius 2 is 2.16 bits per heavy atom. The maximum Gasteiger partial charge on any atom is 0.120 e. The summed E-state index contributed by atoms with van der Waals surface area (Å²) in [7, 11) is 0. The highest BCUT2D eigenvalue weighted by molar-refractivity contribution is 7.16. The van der Waals surface area contributed by atoms with Gasteiger partial charge in [0.1, 0.15) is 5.75 Å². The molecule has 1 aliphatic rings. The third-order valence-electron chi connectivity index (χ3n) is 3.06. The molecule has 1 saturated carbocycles. The summed E-state index contributed by atoms with van der Waals surface area (Å²) in [6, 6.07) is 11.9. The van der Waals surface area contributed by atoms with Crippen molar-refractivity contribution in [1.29, 1.82) is 0 Å². The molecule has 0 saturated heterocycles. The first-order valence-electron chi connectivity index (χ1n) is 6.24. The van der Waals surface area contributed by atoms with Crippen molar-refractivity contribution in [2.24, 2.45) is 5.84 Å². The molecular weight excluding hydrogens is 280 g/mol. The van der Waals surface area contributed by atoms with Gasteiger partial charge in [-0.1, -0.05) is 23.7 Å². The molecule has 3 rings (SSSR count). The van der Waals surface area contributed by atoms with E-state index in [0.717, 1.165) is 33.4 Å². The van der Waals surface area contributed by atoms with Gasteiger partial charge in [0.15, 0.2) is 0 Å². The predicted octanol–water partition coefficient (Wildman–Crippen LogP) is 3.50. The van der Waals surface area contributed by atoms with Gasteiger partial charge >= 0.3 is 0 Å². The molecule has 2 aromatic rings. The molecule has 0 radical (unpaired) electrons. The van der Waals surface area contributed by atoms with Crippen LogP contribution in [0.5, 0.6) is 5.75 Å². The normalized spacial score (nSPS) is 16.3. The molecule has 19 heavy (non-hydrogen) atoms. The molecular formula is C14H15ClN2OS. The lowest BCUT2D eigenvalue weighted by Crippen LogP contribution is -2.28. The summed E-state index contributed by atoms with van der Waals surface area (Å²) in [6.07, 6.45) is 2.71. The molecule has 1 fully saturated rings. The Morgan fingerprint density at radius 1 is 1.32 bits per heavy atom. The lowest BCUT2D eigenvalue weighted by Gasteiger charge is -2.16. The highest BCUT2D eigenvalue weighted by Gasteiger charge is 2.24. The van der Waals surface area contributed by atoms with Gasteiger partial charge in [-0.3, -0.25) is 5.84 Å². The number of rotatable bonds is 5. The monoisotopic (exact) mass is 294 g/mol. The van der Waals surface area contributed by atoms with Gasteiger partial charge in [-0.05, 0) is 42.7 Å². The summed E-state index contributed by atoms with van der Waals surface area (Å²) >= 11 is 7.51. The highest BCUT2D eigenvalue weighted by Crippen LogP contribution is 2.33. The topological polar surface area (TPSA) is 47.3 Å². The smallest absolute Gasteiger partial charge is 0.120 e. The Hall–Kier alpha value is -1.07. The molecule has 0 aliphatic heterocycles. The van der Waals surface area contributed by atoms with Crippen LogP contribution in [0.1, 0.15) is 29.3 Å². The van der Waals surface area contributed by atoms with Crippen molar-refractivity contribution in [2.45, 2.75) is 25.0 Å². The number of hydrogen-bond donors (Lipinski definition) is 2. The molecule has 5 heteroatoms. The number of benzene rings is 1. The summed E-state index contributed by atoms with van der Waals surface area (Å²) in [6.45, 7) is 0. The molecule has 1 aromatic carbocycles. The van der Waals surface area contributed by atoms with Crippen LogP contribution in [0.4, 0.5) is 0 Å². The van der Waals surface area contributed by atoms with E-state index in [4.69, 9.17) is 22.2 Å². The Balaban J connectivity index is 1.85. The Bertz CT molecular complexity index is 568. The molecule has 3 nitrogen and oxygen atoms in total. The fraction of sp³-hybridized carbons (Fsp3) is 0.286. The highest BCUT2D eigenvalue weighted by atomic mass is 35.5. The van der Waals surface area contributed by atoms with Crippen LogP contribution in [0.2, 0.25) is 4.34 Å². The second-order valence-corrected chi connectivity index (χ2v) is 6.38. The van der Waals surface area contributed by atoms with Gasteiger partial charge in [0.2, 0.25) is 0 Å². The van der Waals surface area contributed by atoms with Crippen molar-refractivity contribution < 1.29 is 4.74 Å². The van der Waals surface area contributed by atoms with Crippen molar-refractivity contribution >= 4 is 22.9 Å². The second kappa shape index (κ2) is 5.51. The average Bonchev–Trinajstić information content (AvgIpc) is 3.12. The van der Waals surface area contributed by atoms with Gasteiger partial charge in [0.05, 0.1) is 16.5 Å². The van der Waals surface area contributed by atoms with Gasteiger partial charge in [-0.2, -0.15) is 0 Å². The van der Waals surface area contributed by atoms with Crippen LogP contribution >= 0.6 is 22.9 Å². The summed E-state index contributed by atoms with van der Waals surface area (Å²) in [5, 5.41) is 0. The van der Waals surface area contributed by atoms with Crippen molar-refractivity contribution in [3.63, 3.8) is 0 Å². The van der Waals surface area contributed by atoms with Crippen molar-refractivity contribution in [3.05, 3.63) is 51.2 Å². The first-order valence-corrected chi connectivity index (χ1v) is 7.43. The molecule has 1 aliphatic carbocycles. The van der Waals surface area contributed by atoms with E-state index in [0.29, 0.717) is 6.10 Å². The maximum absolute atomic E-state index is 5.98. The van der Waals surface area contributed by atoms with Crippen molar-refractivity contribution in [2.75, 3.05) is 0 Å². The van der Waals surface area contributed by atoms with E-state index in [-0.39, 0.29) is 6.04 Å². The fourth-order valence-electron chi connectivity index (χ4n) is 1.97. The van der Waals surface area contributed by atoms with Crippen LogP contribution in [-0.4, -0.2) is 6.10 Å².